The van der Waals surface area contributed by atoms with Gasteiger partial charge in [-0.1, -0.05) is 23.8 Å². The van der Waals surface area contributed by atoms with E-state index in [9.17, 15) is 0 Å². The standard InChI is InChI=1S/C13H12ClN3S2/c14-10-5-8(3-4-9(10)12(15)18)16-13-17-11(6-19-13)7-1-2-7/h3-7H,1-2H2,(H2,15,18)(H,16,17). The van der Waals surface area contributed by atoms with E-state index in [1.807, 2.05) is 18.2 Å². The third-order valence-corrected chi connectivity index (χ3v) is 4.31. The summed E-state index contributed by atoms with van der Waals surface area (Å²) >= 11 is 12.7. The summed E-state index contributed by atoms with van der Waals surface area (Å²) in [7, 11) is 0. The van der Waals surface area contributed by atoms with Crippen LogP contribution in [0.25, 0.3) is 0 Å². The zero-order valence-electron chi connectivity index (χ0n) is 10.0. The lowest BCUT2D eigenvalue weighted by Gasteiger charge is -2.06. The SMILES string of the molecule is NC(=S)c1ccc(Nc2nc(C3CC3)cs2)cc1Cl. The molecule has 0 saturated heterocycles. The quantitative estimate of drug-likeness (QED) is 0.837. The molecule has 1 aliphatic rings. The Kier molecular flexibility index (Phi) is 3.43. The number of anilines is 2. The Morgan fingerprint density at radius 1 is 1.47 bits per heavy atom. The van der Waals surface area contributed by atoms with Crippen molar-refractivity contribution in [3.8, 4) is 0 Å². The lowest BCUT2D eigenvalue weighted by Crippen LogP contribution is -2.09. The zero-order valence-corrected chi connectivity index (χ0v) is 12.4. The zero-order chi connectivity index (χ0) is 13.4. The molecule has 0 unspecified atom stereocenters. The first-order chi connectivity index (χ1) is 9.13. The van der Waals surface area contributed by atoms with Crippen LogP contribution in [-0.2, 0) is 0 Å². The molecule has 1 saturated carbocycles. The second-order valence-electron chi connectivity index (χ2n) is 4.54. The van der Waals surface area contributed by atoms with Crippen LogP contribution < -0.4 is 11.1 Å². The summed E-state index contributed by atoms with van der Waals surface area (Å²) in [5.74, 6) is 0.673. The Hall–Kier alpha value is -1.17. The number of halogens is 1. The molecule has 2 aromatic rings. The second-order valence-corrected chi connectivity index (χ2v) is 6.24. The third kappa shape index (κ3) is 2.88. The van der Waals surface area contributed by atoms with Gasteiger partial charge in [0.05, 0.1) is 10.7 Å². The minimum atomic E-state index is 0.307. The van der Waals surface area contributed by atoms with Crippen molar-refractivity contribution in [3.63, 3.8) is 0 Å². The van der Waals surface area contributed by atoms with E-state index in [1.54, 1.807) is 11.3 Å². The van der Waals surface area contributed by atoms with E-state index < -0.39 is 0 Å². The molecular weight excluding hydrogens is 298 g/mol. The molecule has 19 heavy (non-hydrogen) atoms. The number of benzene rings is 1. The first-order valence-corrected chi connectivity index (χ1v) is 7.62. The van der Waals surface area contributed by atoms with Gasteiger partial charge >= 0.3 is 0 Å². The lowest BCUT2D eigenvalue weighted by molar-refractivity contribution is 1.05. The Bertz CT molecular complexity index is 635. The van der Waals surface area contributed by atoms with Crippen LogP contribution >= 0.6 is 35.2 Å². The predicted octanol–water partition coefficient (Wildman–Crippen LogP) is 4.05. The molecule has 3 N–H and O–H groups in total. The minimum Gasteiger partial charge on any atom is -0.389 e. The van der Waals surface area contributed by atoms with E-state index in [2.05, 4.69) is 15.7 Å². The number of aromatic nitrogens is 1. The molecule has 1 heterocycles. The van der Waals surface area contributed by atoms with Gasteiger partial charge in [-0.3, -0.25) is 0 Å². The Labute approximate surface area is 125 Å². The highest BCUT2D eigenvalue weighted by Gasteiger charge is 2.26. The van der Waals surface area contributed by atoms with E-state index in [0.717, 1.165) is 10.8 Å². The minimum absolute atomic E-state index is 0.307. The number of rotatable bonds is 4. The first-order valence-electron chi connectivity index (χ1n) is 5.95. The molecule has 1 fully saturated rings. The fraction of sp³-hybridized carbons (Fsp3) is 0.231. The highest BCUT2D eigenvalue weighted by molar-refractivity contribution is 7.80. The van der Waals surface area contributed by atoms with E-state index in [-0.39, 0.29) is 0 Å². The molecule has 0 radical (unpaired) electrons. The van der Waals surface area contributed by atoms with Gasteiger partial charge in [-0.25, -0.2) is 4.98 Å². The van der Waals surface area contributed by atoms with Gasteiger partial charge in [-0.2, -0.15) is 0 Å². The van der Waals surface area contributed by atoms with E-state index in [1.165, 1.54) is 18.5 Å². The van der Waals surface area contributed by atoms with Crippen LogP contribution in [0.3, 0.4) is 0 Å². The normalized spacial score (nSPS) is 14.4. The Morgan fingerprint density at radius 3 is 2.89 bits per heavy atom. The highest BCUT2D eigenvalue weighted by atomic mass is 35.5. The smallest absolute Gasteiger partial charge is 0.187 e. The van der Waals surface area contributed by atoms with Crippen molar-refractivity contribution in [1.29, 1.82) is 0 Å². The van der Waals surface area contributed by atoms with Crippen LogP contribution in [0, 0.1) is 0 Å². The molecule has 3 nitrogen and oxygen atoms in total. The maximum absolute atomic E-state index is 6.13. The molecular formula is C13H12ClN3S2. The predicted molar refractivity (Wildman–Crippen MR) is 84.7 cm³/mol. The first kappa shape index (κ1) is 12.8. The molecule has 98 valence electrons. The largest absolute Gasteiger partial charge is 0.389 e. The fourth-order valence-corrected chi connectivity index (χ4v) is 3.16. The van der Waals surface area contributed by atoms with Crippen molar-refractivity contribution in [3.05, 3.63) is 39.9 Å². The summed E-state index contributed by atoms with van der Waals surface area (Å²) in [6, 6.07) is 5.54. The van der Waals surface area contributed by atoms with E-state index in [4.69, 9.17) is 29.6 Å². The van der Waals surface area contributed by atoms with E-state index >= 15 is 0 Å². The van der Waals surface area contributed by atoms with Gasteiger partial charge in [0, 0.05) is 22.5 Å². The summed E-state index contributed by atoms with van der Waals surface area (Å²) in [5.41, 5.74) is 8.35. The number of thiazole rings is 1. The van der Waals surface area contributed by atoms with Crippen molar-refractivity contribution >= 4 is 51.0 Å². The van der Waals surface area contributed by atoms with Gasteiger partial charge in [-0.05, 0) is 31.0 Å². The topological polar surface area (TPSA) is 50.9 Å². The van der Waals surface area contributed by atoms with Crippen LogP contribution in [0.5, 0.6) is 0 Å². The molecule has 0 spiro atoms. The summed E-state index contributed by atoms with van der Waals surface area (Å²) in [6.07, 6.45) is 2.52. The van der Waals surface area contributed by atoms with Gasteiger partial charge in [0.25, 0.3) is 0 Å². The molecule has 0 atom stereocenters. The van der Waals surface area contributed by atoms with Crippen LogP contribution in [0.4, 0.5) is 10.8 Å². The van der Waals surface area contributed by atoms with Crippen molar-refractivity contribution in [2.75, 3.05) is 5.32 Å². The average molecular weight is 310 g/mol. The number of nitrogens with one attached hydrogen (secondary N) is 1. The molecule has 3 rings (SSSR count). The van der Waals surface area contributed by atoms with Gasteiger partial charge in [-0.15, -0.1) is 11.3 Å². The number of nitrogens with two attached hydrogens (primary N) is 1. The van der Waals surface area contributed by atoms with Crippen LogP contribution in [0.1, 0.15) is 30.0 Å². The molecule has 1 aromatic carbocycles. The second kappa shape index (κ2) is 5.07. The van der Waals surface area contributed by atoms with E-state index in [0.29, 0.717) is 21.5 Å². The average Bonchev–Trinajstić information content (AvgIpc) is 3.10. The van der Waals surface area contributed by atoms with Crippen LogP contribution in [0.2, 0.25) is 5.02 Å². The van der Waals surface area contributed by atoms with Gasteiger partial charge < -0.3 is 11.1 Å². The maximum atomic E-state index is 6.13. The van der Waals surface area contributed by atoms with Gasteiger partial charge in [0.15, 0.2) is 5.13 Å². The lowest BCUT2D eigenvalue weighted by atomic mass is 10.2. The molecule has 1 aromatic heterocycles. The van der Waals surface area contributed by atoms with Crippen molar-refractivity contribution < 1.29 is 0 Å². The fourth-order valence-electron chi connectivity index (χ4n) is 1.83. The molecule has 0 bridgehead atoms. The van der Waals surface area contributed by atoms with Crippen molar-refractivity contribution in [2.24, 2.45) is 5.73 Å². The number of hydrogen-bond donors (Lipinski definition) is 2. The van der Waals surface area contributed by atoms with Crippen LogP contribution in [0.15, 0.2) is 23.6 Å². The summed E-state index contributed by atoms with van der Waals surface area (Å²) in [6.45, 7) is 0. The Morgan fingerprint density at radius 2 is 2.26 bits per heavy atom. The van der Waals surface area contributed by atoms with Crippen molar-refractivity contribution in [2.45, 2.75) is 18.8 Å². The number of hydrogen-bond acceptors (Lipinski definition) is 4. The molecule has 6 heteroatoms. The maximum Gasteiger partial charge on any atom is 0.187 e. The third-order valence-electron chi connectivity index (χ3n) is 3.00. The molecule has 1 aliphatic carbocycles. The van der Waals surface area contributed by atoms with Gasteiger partial charge in [0.2, 0.25) is 0 Å². The molecule has 0 amide bonds. The highest BCUT2D eigenvalue weighted by Crippen LogP contribution is 2.41. The van der Waals surface area contributed by atoms with Crippen molar-refractivity contribution in [1.82, 2.24) is 4.98 Å². The number of nitrogens with zero attached hydrogens (tertiary/aromatic N) is 1. The van der Waals surface area contributed by atoms with Crippen LogP contribution in [-0.4, -0.2) is 9.97 Å². The summed E-state index contributed by atoms with van der Waals surface area (Å²) in [4.78, 5) is 4.88. The molecule has 0 aliphatic heterocycles. The summed E-state index contributed by atoms with van der Waals surface area (Å²) < 4.78 is 0. The number of thiocarbonyl (C=S) groups is 1. The van der Waals surface area contributed by atoms with Gasteiger partial charge in [0.1, 0.15) is 4.99 Å². The monoisotopic (exact) mass is 309 g/mol. The Balaban J connectivity index is 1.78. The summed E-state index contributed by atoms with van der Waals surface area (Å²) in [5, 5.41) is 6.81.